The van der Waals surface area contributed by atoms with Gasteiger partial charge in [0.05, 0.1) is 25.9 Å². The van der Waals surface area contributed by atoms with Gasteiger partial charge in [-0.3, -0.25) is 0 Å². The molecule has 5 heteroatoms. The van der Waals surface area contributed by atoms with Crippen LogP contribution >= 0.6 is 0 Å². The molecule has 0 amide bonds. The Balaban J connectivity index is 1.61. The maximum absolute atomic E-state index is 6.88. The number of methoxy groups -OCH3 is 3. The number of rotatable bonds is 7. The van der Waals surface area contributed by atoms with E-state index in [1.54, 1.807) is 21.3 Å². The van der Waals surface area contributed by atoms with Gasteiger partial charge in [-0.25, -0.2) is 0 Å². The second-order valence-corrected chi connectivity index (χ2v) is 11.8. The molecule has 194 valence electrons. The number of benzene rings is 1. The fraction of sp³-hybridized carbons (Fsp3) is 0.667. The van der Waals surface area contributed by atoms with Crippen LogP contribution in [0.4, 0.5) is 0 Å². The first-order valence-corrected chi connectivity index (χ1v) is 12.9. The van der Waals surface area contributed by atoms with Crippen molar-refractivity contribution in [1.82, 2.24) is 0 Å². The molecular weight excluding hydrogens is 440 g/mol. The van der Waals surface area contributed by atoms with E-state index in [0.717, 1.165) is 60.5 Å². The standard InChI is InChI=1S/C30H44O5/c1-20(11-12-22-17-23(31-7)16-21(2)26(22)33-9)15-24-18-28(5)13-10-14-29(28,6)30(34-24)19-25(32-8)27(3,4)35-30/h11,16-18,25H,10,12-15,19H2,1-9H3/b20-11+/t25-,28+,29+,30+/m1/s1. The molecule has 3 aliphatic rings. The Bertz CT molecular complexity index is 1020. The fourth-order valence-corrected chi connectivity index (χ4v) is 6.82. The minimum atomic E-state index is -0.667. The third-order valence-corrected chi connectivity index (χ3v) is 9.08. The molecule has 0 radical (unpaired) electrons. The SMILES string of the molecule is COc1cc(C)c(OC)c(C/C=C(\C)CC2=C[C@]3(C)CCC[C@]3(C)[C@@]3(C[C@@H](OC)C(C)(C)O3)O2)c1. The number of hydrogen-bond acceptors (Lipinski definition) is 5. The van der Waals surface area contributed by atoms with Crippen molar-refractivity contribution in [2.45, 2.75) is 97.6 Å². The van der Waals surface area contributed by atoms with Gasteiger partial charge in [0.15, 0.2) is 0 Å². The van der Waals surface area contributed by atoms with E-state index in [0.29, 0.717) is 0 Å². The van der Waals surface area contributed by atoms with E-state index in [2.05, 4.69) is 59.8 Å². The van der Waals surface area contributed by atoms with Crippen molar-refractivity contribution in [3.8, 4) is 11.5 Å². The second kappa shape index (κ2) is 9.15. The van der Waals surface area contributed by atoms with Crippen LogP contribution in [0, 0.1) is 17.8 Å². The molecule has 1 aliphatic carbocycles. The summed E-state index contributed by atoms with van der Waals surface area (Å²) in [7, 11) is 5.21. The van der Waals surface area contributed by atoms with Crippen LogP contribution in [0.5, 0.6) is 11.5 Å². The van der Waals surface area contributed by atoms with E-state index in [-0.39, 0.29) is 16.9 Å². The molecule has 0 bridgehead atoms. The maximum atomic E-state index is 6.88. The Hall–Kier alpha value is -1.98. The lowest BCUT2D eigenvalue weighted by atomic mass is 9.60. The Morgan fingerprint density at radius 2 is 1.83 bits per heavy atom. The quantitative estimate of drug-likeness (QED) is 0.393. The van der Waals surface area contributed by atoms with Gasteiger partial charge in [0, 0.05) is 36.3 Å². The van der Waals surface area contributed by atoms with Crippen LogP contribution in [-0.2, 0) is 20.6 Å². The number of allylic oxidation sites excluding steroid dienone is 3. The monoisotopic (exact) mass is 484 g/mol. The Labute approximate surface area is 211 Å². The molecule has 4 rings (SSSR count). The number of fused-ring (bicyclic) bond motifs is 2. The van der Waals surface area contributed by atoms with E-state index < -0.39 is 11.4 Å². The lowest BCUT2D eigenvalue weighted by molar-refractivity contribution is -0.309. The van der Waals surface area contributed by atoms with Gasteiger partial charge in [0.25, 0.3) is 0 Å². The van der Waals surface area contributed by atoms with Crippen molar-refractivity contribution in [3.05, 3.63) is 46.7 Å². The first-order chi connectivity index (χ1) is 16.4. The van der Waals surface area contributed by atoms with Gasteiger partial charge >= 0.3 is 0 Å². The summed E-state index contributed by atoms with van der Waals surface area (Å²) in [4.78, 5) is 0. The van der Waals surface area contributed by atoms with E-state index in [4.69, 9.17) is 23.7 Å². The predicted molar refractivity (Wildman–Crippen MR) is 139 cm³/mol. The molecule has 1 saturated heterocycles. The van der Waals surface area contributed by atoms with Crippen LogP contribution in [0.2, 0.25) is 0 Å². The topological polar surface area (TPSA) is 46.2 Å². The van der Waals surface area contributed by atoms with Gasteiger partial charge in [-0.1, -0.05) is 31.9 Å². The first kappa shape index (κ1) is 26.1. The van der Waals surface area contributed by atoms with E-state index in [1.807, 2.05) is 6.07 Å². The van der Waals surface area contributed by atoms with E-state index in [1.165, 1.54) is 12.0 Å². The molecule has 1 aromatic carbocycles. The number of ether oxygens (including phenoxy) is 5. The summed E-state index contributed by atoms with van der Waals surface area (Å²) >= 11 is 0. The van der Waals surface area contributed by atoms with Gasteiger partial charge in [0.2, 0.25) is 5.79 Å². The summed E-state index contributed by atoms with van der Waals surface area (Å²) in [5, 5.41) is 0. The van der Waals surface area contributed by atoms with Crippen LogP contribution in [0.3, 0.4) is 0 Å². The zero-order valence-electron chi connectivity index (χ0n) is 23.2. The molecule has 0 unspecified atom stereocenters. The lowest BCUT2D eigenvalue weighted by Crippen LogP contribution is -2.57. The Morgan fingerprint density at radius 3 is 2.46 bits per heavy atom. The zero-order chi connectivity index (χ0) is 25.6. The van der Waals surface area contributed by atoms with Crippen molar-refractivity contribution < 1.29 is 23.7 Å². The predicted octanol–water partition coefficient (Wildman–Crippen LogP) is 6.91. The molecule has 35 heavy (non-hydrogen) atoms. The van der Waals surface area contributed by atoms with Crippen molar-refractivity contribution in [3.63, 3.8) is 0 Å². The highest BCUT2D eigenvalue weighted by Crippen LogP contribution is 2.67. The maximum Gasteiger partial charge on any atom is 0.219 e. The van der Waals surface area contributed by atoms with Gasteiger partial charge in [0.1, 0.15) is 17.3 Å². The number of hydrogen-bond donors (Lipinski definition) is 0. The van der Waals surface area contributed by atoms with E-state index in [9.17, 15) is 0 Å². The van der Waals surface area contributed by atoms with Gasteiger partial charge < -0.3 is 23.7 Å². The normalized spacial score (nSPS) is 33.9. The fourth-order valence-electron chi connectivity index (χ4n) is 6.82. The highest BCUT2D eigenvalue weighted by Gasteiger charge is 2.70. The van der Waals surface area contributed by atoms with Crippen LogP contribution < -0.4 is 9.47 Å². The molecular formula is C30H44O5. The Morgan fingerprint density at radius 1 is 1.09 bits per heavy atom. The minimum absolute atomic E-state index is 0.00364. The molecule has 1 aromatic rings. The molecule has 1 spiro atoms. The highest BCUT2D eigenvalue weighted by molar-refractivity contribution is 5.47. The number of aryl methyl sites for hydroxylation is 1. The Kier molecular flexibility index (Phi) is 6.82. The largest absolute Gasteiger partial charge is 0.497 e. The summed E-state index contributed by atoms with van der Waals surface area (Å²) in [6.45, 7) is 13.2. The van der Waals surface area contributed by atoms with Gasteiger partial charge in [-0.05, 0) is 70.7 Å². The molecule has 0 aromatic heterocycles. The smallest absolute Gasteiger partial charge is 0.219 e. The molecule has 5 nitrogen and oxygen atoms in total. The van der Waals surface area contributed by atoms with E-state index >= 15 is 0 Å². The molecule has 4 atom stereocenters. The van der Waals surface area contributed by atoms with Crippen molar-refractivity contribution in [2.24, 2.45) is 10.8 Å². The van der Waals surface area contributed by atoms with Crippen LogP contribution in [0.1, 0.15) is 77.8 Å². The van der Waals surface area contributed by atoms with Crippen LogP contribution in [-0.4, -0.2) is 38.8 Å². The van der Waals surface area contributed by atoms with Crippen molar-refractivity contribution >= 4 is 0 Å². The molecule has 1 saturated carbocycles. The second-order valence-electron chi connectivity index (χ2n) is 11.8. The summed E-state index contributed by atoms with van der Waals surface area (Å²) in [5.74, 6) is 2.12. The summed E-state index contributed by atoms with van der Waals surface area (Å²) < 4.78 is 30.8. The average molecular weight is 485 g/mol. The zero-order valence-corrected chi connectivity index (χ0v) is 23.2. The summed E-state index contributed by atoms with van der Waals surface area (Å²) in [5.41, 5.74) is 3.02. The molecule has 0 N–H and O–H groups in total. The van der Waals surface area contributed by atoms with Crippen molar-refractivity contribution in [2.75, 3.05) is 21.3 Å². The average Bonchev–Trinajstić information content (AvgIpc) is 3.24. The van der Waals surface area contributed by atoms with Crippen LogP contribution in [0.15, 0.2) is 35.6 Å². The third kappa shape index (κ3) is 4.29. The molecule has 2 aliphatic heterocycles. The lowest BCUT2D eigenvalue weighted by Gasteiger charge is -2.54. The summed E-state index contributed by atoms with van der Waals surface area (Å²) in [6, 6.07) is 4.07. The third-order valence-electron chi connectivity index (χ3n) is 9.08. The molecule has 2 heterocycles. The highest BCUT2D eigenvalue weighted by atomic mass is 16.7. The first-order valence-electron chi connectivity index (χ1n) is 12.9. The van der Waals surface area contributed by atoms with Gasteiger partial charge in [-0.2, -0.15) is 0 Å². The minimum Gasteiger partial charge on any atom is -0.497 e. The molecule has 2 fully saturated rings. The van der Waals surface area contributed by atoms with Crippen molar-refractivity contribution in [1.29, 1.82) is 0 Å². The van der Waals surface area contributed by atoms with Crippen LogP contribution in [0.25, 0.3) is 0 Å². The van der Waals surface area contributed by atoms with Gasteiger partial charge in [-0.15, -0.1) is 0 Å². The summed E-state index contributed by atoms with van der Waals surface area (Å²) in [6.07, 6.45) is 10.4.